The molecule has 0 aliphatic carbocycles. The molecule has 0 aliphatic rings. The maximum atomic E-state index is 13.5. The zero-order valence-electron chi connectivity index (χ0n) is 18.7. The summed E-state index contributed by atoms with van der Waals surface area (Å²) in [7, 11) is -3.57. The van der Waals surface area contributed by atoms with E-state index >= 15 is 0 Å². The summed E-state index contributed by atoms with van der Waals surface area (Å²) >= 11 is 6.37. The number of ether oxygens (including phenoxy) is 1. The normalized spacial score (nSPS) is 12.1. The molecule has 1 heterocycles. The highest BCUT2D eigenvalue weighted by Gasteiger charge is 2.33. The third-order valence-corrected chi connectivity index (χ3v) is 7.51. The van der Waals surface area contributed by atoms with Gasteiger partial charge in [-0.1, -0.05) is 29.8 Å². The van der Waals surface area contributed by atoms with Crippen LogP contribution in [0.5, 0.6) is 11.5 Å². The van der Waals surface area contributed by atoms with Crippen molar-refractivity contribution in [1.82, 2.24) is 9.97 Å². The Morgan fingerprint density at radius 1 is 0.944 bits per heavy atom. The summed E-state index contributed by atoms with van der Waals surface area (Å²) in [4.78, 5) is 8.09. The molecule has 0 unspecified atom stereocenters. The molecule has 4 aromatic rings. The fourth-order valence-electron chi connectivity index (χ4n) is 3.67. The van der Waals surface area contributed by atoms with Crippen molar-refractivity contribution in [1.29, 1.82) is 0 Å². The number of aromatic nitrogens is 2. The van der Waals surface area contributed by atoms with E-state index in [4.69, 9.17) is 21.4 Å². The number of halogens is 4. The number of hydrogen-bond donors (Lipinski definition) is 1. The molecule has 36 heavy (non-hydrogen) atoms. The van der Waals surface area contributed by atoms with Gasteiger partial charge in [-0.15, -0.1) is 0 Å². The molecule has 0 fully saturated rings. The Bertz CT molecular complexity index is 1510. The van der Waals surface area contributed by atoms with E-state index in [1.165, 1.54) is 36.4 Å². The first-order chi connectivity index (χ1) is 17.1. The van der Waals surface area contributed by atoms with E-state index < -0.39 is 21.6 Å². The van der Waals surface area contributed by atoms with Crippen LogP contribution in [0, 0.1) is 0 Å². The predicted octanol–water partition coefficient (Wildman–Crippen LogP) is 6.31. The highest BCUT2D eigenvalue weighted by Crippen LogP contribution is 2.39. The molecule has 3 aromatic carbocycles. The number of benzene rings is 3. The number of sulfone groups is 1. The number of alkyl halides is 3. The second-order valence-electron chi connectivity index (χ2n) is 7.89. The third kappa shape index (κ3) is 5.61. The summed E-state index contributed by atoms with van der Waals surface area (Å²) in [6.45, 7) is -0.0866. The Morgan fingerprint density at radius 3 is 2.44 bits per heavy atom. The van der Waals surface area contributed by atoms with E-state index in [2.05, 4.69) is 9.97 Å². The quantitative estimate of drug-likeness (QED) is 0.266. The molecular formula is C25H20ClF3N2O4S. The average molecular weight is 537 g/mol. The molecule has 0 saturated heterocycles. The lowest BCUT2D eigenvalue weighted by atomic mass is 10.0. The van der Waals surface area contributed by atoms with Crippen LogP contribution in [0.4, 0.5) is 13.2 Å². The highest BCUT2D eigenvalue weighted by atomic mass is 35.5. The first-order valence-electron chi connectivity index (χ1n) is 10.8. The smallest absolute Gasteiger partial charge is 0.418 e. The summed E-state index contributed by atoms with van der Waals surface area (Å²) in [5.74, 6) is 0.421. The first kappa shape index (κ1) is 25.9. The van der Waals surface area contributed by atoms with Crippen LogP contribution in [0.15, 0.2) is 71.9 Å². The van der Waals surface area contributed by atoms with Gasteiger partial charge in [0.2, 0.25) is 0 Å². The number of nitrogens with zero attached hydrogens (tertiary/aromatic N) is 2. The van der Waals surface area contributed by atoms with E-state index in [0.29, 0.717) is 18.4 Å². The Morgan fingerprint density at radius 2 is 1.69 bits per heavy atom. The van der Waals surface area contributed by atoms with Crippen molar-refractivity contribution in [3.05, 3.63) is 77.6 Å². The summed E-state index contributed by atoms with van der Waals surface area (Å²) in [6, 6.07) is 14.3. The largest absolute Gasteiger partial charge is 0.457 e. The number of unbranched alkanes of at least 4 members (excludes halogenated alkanes) is 1. The lowest BCUT2D eigenvalue weighted by Crippen LogP contribution is -2.07. The van der Waals surface area contributed by atoms with Crippen LogP contribution in [0.25, 0.3) is 22.2 Å². The standard InChI is InChI=1S/C25H20ClF3N2O4S/c26-22-10-9-17(35-16-5-3-6-18(13-16)36(33,34)12-2-1-11-32)14-20(22)23-19-7-4-8-21(25(27,28)29)24(19)31-15-30-23/h3-10,13-15,32H,1-2,11-12H2. The van der Waals surface area contributed by atoms with Gasteiger partial charge in [-0.3, -0.25) is 0 Å². The number of aliphatic hydroxyl groups excluding tert-OH is 1. The van der Waals surface area contributed by atoms with Crippen molar-refractivity contribution in [2.45, 2.75) is 23.9 Å². The average Bonchev–Trinajstić information content (AvgIpc) is 2.84. The van der Waals surface area contributed by atoms with Gasteiger partial charge in [-0.2, -0.15) is 13.2 Å². The van der Waals surface area contributed by atoms with Crippen molar-refractivity contribution in [3.8, 4) is 22.8 Å². The van der Waals surface area contributed by atoms with Crippen LogP contribution in [0.2, 0.25) is 5.02 Å². The molecule has 0 aliphatic heterocycles. The molecule has 188 valence electrons. The van der Waals surface area contributed by atoms with E-state index in [1.54, 1.807) is 18.2 Å². The Kier molecular flexibility index (Phi) is 7.49. The van der Waals surface area contributed by atoms with Gasteiger partial charge in [-0.25, -0.2) is 18.4 Å². The Labute approximate surface area is 210 Å². The molecule has 1 aromatic heterocycles. The molecule has 0 amide bonds. The summed E-state index contributed by atoms with van der Waals surface area (Å²) in [5, 5.41) is 9.30. The van der Waals surface area contributed by atoms with Crippen molar-refractivity contribution in [2.75, 3.05) is 12.4 Å². The zero-order valence-corrected chi connectivity index (χ0v) is 20.2. The molecule has 0 radical (unpaired) electrons. The Hall–Kier alpha value is -3.21. The third-order valence-electron chi connectivity index (χ3n) is 5.38. The van der Waals surface area contributed by atoms with E-state index in [9.17, 15) is 21.6 Å². The minimum Gasteiger partial charge on any atom is -0.457 e. The predicted molar refractivity (Wildman–Crippen MR) is 130 cm³/mol. The van der Waals surface area contributed by atoms with Gasteiger partial charge in [0.05, 0.1) is 32.4 Å². The second-order valence-corrected chi connectivity index (χ2v) is 10.4. The highest BCUT2D eigenvalue weighted by molar-refractivity contribution is 7.91. The minimum absolute atomic E-state index is 0.0774. The fourth-order valence-corrected chi connectivity index (χ4v) is 5.28. The van der Waals surface area contributed by atoms with Crippen LogP contribution >= 0.6 is 11.6 Å². The molecular weight excluding hydrogens is 517 g/mol. The van der Waals surface area contributed by atoms with E-state index in [1.807, 2.05) is 0 Å². The lowest BCUT2D eigenvalue weighted by Gasteiger charge is -2.13. The molecule has 0 saturated carbocycles. The van der Waals surface area contributed by atoms with Crippen LogP contribution in [-0.2, 0) is 16.0 Å². The summed E-state index contributed by atoms with van der Waals surface area (Å²) in [5.41, 5.74) is -0.615. The van der Waals surface area contributed by atoms with Gasteiger partial charge in [0.1, 0.15) is 17.8 Å². The van der Waals surface area contributed by atoms with Gasteiger partial charge >= 0.3 is 6.18 Å². The molecule has 6 nitrogen and oxygen atoms in total. The monoisotopic (exact) mass is 536 g/mol. The first-order valence-corrected chi connectivity index (χ1v) is 12.9. The SMILES string of the molecule is O=S(=O)(CCCCO)c1cccc(Oc2ccc(Cl)c(-c3ncnc4c(C(F)(F)F)cccc34)c2)c1. The van der Waals surface area contributed by atoms with E-state index in [0.717, 1.165) is 12.4 Å². The number of para-hydroxylation sites is 1. The van der Waals surface area contributed by atoms with Crippen LogP contribution < -0.4 is 4.74 Å². The van der Waals surface area contributed by atoms with Crippen LogP contribution in [0.3, 0.4) is 0 Å². The van der Waals surface area contributed by atoms with Crippen LogP contribution in [0.1, 0.15) is 18.4 Å². The minimum atomic E-state index is -4.59. The molecule has 1 N–H and O–H groups in total. The van der Waals surface area contributed by atoms with Crippen LogP contribution in [-0.4, -0.2) is 35.9 Å². The molecule has 11 heteroatoms. The lowest BCUT2D eigenvalue weighted by molar-refractivity contribution is -0.136. The van der Waals surface area contributed by atoms with Gasteiger partial charge in [0.25, 0.3) is 0 Å². The van der Waals surface area contributed by atoms with Crippen molar-refractivity contribution < 1.29 is 31.4 Å². The van der Waals surface area contributed by atoms with Crippen molar-refractivity contribution in [3.63, 3.8) is 0 Å². The number of rotatable bonds is 8. The second kappa shape index (κ2) is 10.4. The Balaban J connectivity index is 1.69. The van der Waals surface area contributed by atoms with Gasteiger partial charge in [0.15, 0.2) is 9.84 Å². The molecule has 0 bridgehead atoms. The topological polar surface area (TPSA) is 89.4 Å². The van der Waals surface area contributed by atoms with Crippen molar-refractivity contribution in [2.24, 2.45) is 0 Å². The van der Waals surface area contributed by atoms with E-state index in [-0.39, 0.29) is 50.4 Å². The number of aliphatic hydroxyl groups is 1. The maximum absolute atomic E-state index is 13.5. The number of fused-ring (bicyclic) bond motifs is 1. The molecule has 0 atom stereocenters. The van der Waals surface area contributed by atoms with Gasteiger partial charge in [-0.05, 0) is 55.3 Å². The summed E-state index contributed by atoms with van der Waals surface area (Å²) in [6.07, 6.45) is -2.84. The maximum Gasteiger partial charge on any atom is 0.418 e. The number of hydrogen-bond acceptors (Lipinski definition) is 6. The zero-order chi connectivity index (χ0) is 25.9. The molecule has 0 spiro atoms. The fraction of sp³-hybridized carbons (Fsp3) is 0.200. The van der Waals surface area contributed by atoms with Gasteiger partial charge < -0.3 is 9.84 Å². The van der Waals surface area contributed by atoms with Crippen molar-refractivity contribution >= 4 is 32.3 Å². The molecule has 4 rings (SSSR count). The van der Waals surface area contributed by atoms with Gasteiger partial charge in [0, 0.05) is 17.6 Å². The summed E-state index contributed by atoms with van der Waals surface area (Å²) < 4.78 is 71.4.